The zero-order valence-corrected chi connectivity index (χ0v) is 8.43. The van der Waals surface area contributed by atoms with Gasteiger partial charge >= 0.3 is 0 Å². The summed E-state index contributed by atoms with van der Waals surface area (Å²) < 4.78 is 1.97. The summed E-state index contributed by atoms with van der Waals surface area (Å²) in [4.78, 5) is 4.00. The zero-order chi connectivity index (χ0) is 10.3. The molecule has 1 saturated carbocycles. The fourth-order valence-corrected chi connectivity index (χ4v) is 2.33. The van der Waals surface area contributed by atoms with E-state index in [0.717, 1.165) is 5.82 Å². The van der Waals surface area contributed by atoms with E-state index < -0.39 is 0 Å². The number of aromatic nitrogens is 4. The number of nitrogen functional groups attached to an aromatic ring is 1. The van der Waals surface area contributed by atoms with Gasteiger partial charge in [-0.1, -0.05) is 12.8 Å². The van der Waals surface area contributed by atoms with Gasteiger partial charge in [0.05, 0.1) is 0 Å². The molecule has 0 aromatic carbocycles. The minimum atomic E-state index is 0.453. The third-order valence-electron chi connectivity index (χ3n) is 3.10. The summed E-state index contributed by atoms with van der Waals surface area (Å²) in [6.45, 7) is 0. The van der Waals surface area contributed by atoms with Crippen LogP contribution in [0.3, 0.4) is 0 Å². The van der Waals surface area contributed by atoms with Crippen LogP contribution < -0.4 is 5.73 Å². The van der Waals surface area contributed by atoms with Gasteiger partial charge in [0.25, 0.3) is 0 Å². The summed E-state index contributed by atoms with van der Waals surface area (Å²) in [5, 5.41) is 8.32. The first-order valence-electron chi connectivity index (χ1n) is 5.31. The maximum Gasteiger partial charge on any atom is 0.203 e. The molecule has 15 heavy (non-hydrogen) atoms. The molecular weight excluding hydrogens is 190 g/mol. The number of anilines is 1. The van der Waals surface area contributed by atoms with Crippen LogP contribution in [-0.2, 0) is 0 Å². The highest BCUT2D eigenvalue weighted by Crippen LogP contribution is 2.33. The predicted octanol–water partition coefficient (Wildman–Crippen LogP) is 1.36. The van der Waals surface area contributed by atoms with Crippen molar-refractivity contribution in [2.75, 3.05) is 5.73 Å². The molecule has 1 aliphatic rings. The fourth-order valence-electron chi connectivity index (χ4n) is 2.33. The molecule has 2 aromatic rings. The standard InChI is InChI=1S/C10H13N5/c11-8-10-14-13-9(7-3-1-2-4-7)15(10)6-5-12-8/h5-7H,1-4H2,(H2,11,12). The Morgan fingerprint density at radius 3 is 2.87 bits per heavy atom. The van der Waals surface area contributed by atoms with Crippen LogP contribution in [0.2, 0.25) is 0 Å². The summed E-state index contributed by atoms with van der Waals surface area (Å²) in [7, 11) is 0. The minimum absolute atomic E-state index is 0.453. The van der Waals surface area contributed by atoms with Gasteiger partial charge in [0, 0.05) is 18.3 Å². The summed E-state index contributed by atoms with van der Waals surface area (Å²) in [6.07, 6.45) is 8.59. The highest BCUT2D eigenvalue weighted by molar-refractivity contribution is 5.58. The Bertz CT molecular complexity index is 484. The van der Waals surface area contributed by atoms with E-state index in [9.17, 15) is 0 Å². The number of fused-ring (bicyclic) bond motifs is 1. The Kier molecular flexibility index (Phi) is 1.83. The predicted molar refractivity (Wildman–Crippen MR) is 56.4 cm³/mol. The van der Waals surface area contributed by atoms with Crippen LogP contribution in [0.25, 0.3) is 5.65 Å². The second kappa shape index (κ2) is 3.18. The Labute approximate surface area is 87.3 Å². The fraction of sp³-hybridized carbons (Fsp3) is 0.500. The van der Waals surface area contributed by atoms with Gasteiger partial charge in [-0.25, -0.2) is 4.98 Å². The van der Waals surface area contributed by atoms with Crippen molar-refractivity contribution in [3.05, 3.63) is 18.2 Å². The van der Waals surface area contributed by atoms with Gasteiger partial charge in [0.2, 0.25) is 5.65 Å². The van der Waals surface area contributed by atoms with Crippen LogP contribution >= 0.6 is 0 Å². The van der Waals surface area contributed by atoms with E-state index in [-0.39, 0.29) is 0 Å². The molecule has 0 bridgehead atoms. The third kappa shape index (κ3) is 1.26. The van der Waals surface area contributed by atoms with Gasteiger partial charge in [0.15, 0.2) is 5.82 Å². The Hall–Kier alpha value is -1.65. The number of hydrogen-bond acceptors (Lipinski definition) is 4. The Morgan fingerprint density at radius 2 is 2.07 bits per heavy atom. The maximum absolute atomic E-state index is 5.73. The van der Waals surface area contributed by atoms with E-state index in [1.807, 2.05) is 10.6 Å². The Morgan fingerprint density at radius 1 is 1.27 bits per heavy atom. The molecule has 5 nitrogen and oxygen atoms in total. The number of nitrogens with zero attached hydrogens (tertiary/aromatic N) is 4. The molecule has 3 rings (SSSR count). The van der Waals surface area contributed by atoms with Crippen molar-refractivity contribution >= 4 is 11.5 Å². The lowest BCUT2D eigenvalue weighted by Gasteiger charge is -2.06. The van der Waals surface area contributed by atoms with Crippen LogP contribution in [0, 0.1) is 0 Å². The van der Waals surface area contributed by atoms with Gasteiger partial charge in [-0.15, -0.1) is 10.2 Å². The van der Waals surface area contributed by atoms with Crippen LogP contribution in [0.4, 0.5) is 5.82 Å². The van der Waals surface area contributed by atoms with Crippen molar-refractivity contribution in [3.8, 4) is 0 Å². The second-order valence-electron chi connectivity index (χ2n) is 4.05. The molecule has 2 aromatic heterocycles. The molecule has 0 unspecified atom stereocenters. The smallest absolute Gasteiger partial charge is 0.203 e. The lowest BCUT2D eigenvalue weighted by Crippen LogP contribution is -2.01. The molecule has 2 N–H and O–H groups in total. The van der Waals surface area contributed by atoms with Crippen LogP contribution in [0.1, 0.15) is 37.4 Å². The molecule has 2 heterocycles. The maximum atomic E-state index is 5.73. The van der Waals surface area contributed by atoms with E-state index in [1.54, 1.807) is 6.20 Å². The van der Waals surface area contributed by atoms with Crippen molar-refractivity contribution in [1.29, 1.82) is 0 Å². The van der Waals surface area contributed by atoms with E-state index in [0.29, 0.717) is 17.4 Å². The summed E-state index contributed by atoms with van der Waals surface area (Å²) >= 11 is 0. The van der Waals surface area contributed by atoms with E-state index in [1.165, 1.54) is 25.7 Å². The van der Waals surface area contributed by atoms with Crippen LogP contribution in [0.15, 0.2) is 12.4 Å². The average Bonchev–Trinajstić information content (AvgIpc) is 2.85. The van der Waals surface area contributed by atoms with E-state index in [4.69, 9.17) is 5.73 Å². The van der Waals surface area contributed by atoms with Crippen molar-refractivity contribution in [3.63, 3.8) is 0 Å². The number of nitrogens with two attached hydrogens (primary N) is 1. The Balaban J connectivity index is 2.15. The van der Waals surface area contributed by atoms with Gasteiger partial charge in [-0.2, -0.15) is 0 Å². The molecule has 0 atom stereocenters. The molecule has 1 aliphatic carbocycles. The molecule has 0 amide bonds. The first-order valence-corrected chi connectivity index (χ1v) is 5.31. The topological polar surface area (TPSA) is 69.1 Å². The van der Waals surface area contributed by atoms with Gasteiger partial charge in [-0.05, 0) is 12.8 Å². The first kappa shape index (κ1) is 8.64. The van der Waals surface area contributed by atoms with Gasteiger partial charge in [0.1, 0.15) is 5.82 Å². The van der Waals surface area contributed by atoms with E-state index in [2.05, 4.69) is 15.2 Å². The minimum Gasteiger partial charge on any atom is -0.381 e. The van der Waals surface area contributed by atoms with Crippen LogP contribution in [0.5, 0.6) is 0 Å². The summed E-state index contributed by atoms with van der Waals surface area (Å²) in [5.74, 6) is 2.03. The van der Waals surface area contributed by atoms with Gasteiger partial charge in [-0.3, -0.25) is 4.40 Å². The lowest BCUT2D eigenvalue weighted by atomic mass is 10.1. The van der Waals surface area contributed by atoms with Crippen molar-refractivity contribution in [1.82, 2.24) is 19.6 Å². The molecule has 0 radical (unpaired) electrons. The molecule has 1 fully saturated rings. The second-order valence-corrected chi connectivity index (χ2v) is 4.05. The third-order valence-corrected chi connectivity index (χ3v) is 3.10. The molecule has 0 saturated heterocycles. The van der Waals surface area contributed by atoms with Crippen molar-refractivity contribution < 1.29 is 0 Å². The monoisotopic (exact) mass is 203 g/mol. The normalized spacial score (nSPS) is 17.6. The lowest BCUT2D eigenvalue weighted by molar-refractivity contribution is 0.658. The number of hydrogen-bond donors (Lipinski definition) is 1. The quantitative estimate of drug-likeness (QED) is 0.759. The zero-order valence-electron chi connectivity index (χ0n) is 8.43. The molecule has 0 aliphatic heterocycles. The van der Waals surface area contributed by atoms with Crippen LogP contribution in [-0.4, -0.2) is 19.6 Å². The molecule has 78 valence electrons. The summed E-state index contributed by atoms with van der Waals surface area (Å²) in [5.41, 5.74) is 6.41. The van der Waals surface area contributed by atoms with E-state index >= 15 is 0 Å². The molecule has 0 spiro atoms. The largest absolute Gasteiger partial charge is 0.381 e. The van der Waals surface area contributed by atoms with Gasteiger partial charge < -0.3 is 5.73 Å². The summed E-state index contributed by atoms with van der Waals surface area (Å²) in [6, 6.07) is 0. The molecule has 5 heteroatoms. The van der Waals surface area contributed by atoms with Crippen molar-refractivity contribution in [2.45, 2.75) is 31.6 Å². The first-order chi connectivity index (χ1) is 7.36. The van der Waals surface area contributed by atoms with Crippen molar-refractivity contribution in [2.24, 2.45) is 0 Å². The highest BCUT2D eigenvalue weighted by atomic mass is 15.3. The molecular formula is C10H13N5. The highest BCUT2D eigenvalue weighted by Gasteiger charge is 2.22. The number of rotatable bonds is 1. The average molecular weight is 203 g/mol. The SMILES string of the molecule is Nc1nccn2c(C3CCCC3)nnc12.